The van der Waals surface area contributed by atoms with Crippen LogP contribution in [0, 0.1) is 0 Å². The minimum Gasteiger partial charge on any atom is -0.304 e. The third-order valence-corrected chi connectivity index (χ3v) is 3.74. The van der Waals surface area contributed by atoms with E-state index < -0.39 is 11.1 Å². The fourth-order valence-corrected chi connectivity index (χ4v) is 2.79. The Hall–Kier alpha value is -1.50. The fourth-order valence-electron chi connectivity index (χ4n) is 1.92. The lowest BCUT2D eigenvalue weighted by molar-refractivity contribution is 0.632. The number of hydrogen-bond acceptors (Lipinski definition) is 4. The summed E-state index contributed by atoms with van der Waals surface area (Å²) in [5, 5.41) is 1.22. The summed E-state index contributed by atoms with van der Waals surface area (Å²) in [7, 11) is 1.58. The second-order valence-electron chi connectivity index (χ2n) is 4.70. The monoisotopic (exact) mass is 282 g/mol. The summed E-state index contributed by atoms with van der Waals surface area (Å²) < 4.78 is 3.28. The highest BCUT2D eigenvalue weighted by Crippen LogP contribution is 2.25. The van der Waals surface area contributed by atoms with Gasteiger partial charge in [-0.2, -0.15) is 0 Å². The van der Waals surface area contributed by atoms with Gasteiger partial charge in [-0.05, 0) is 6.42 Å². The molecule has 0 radical (unpaired) electrons. The van der Waals surface area contributed by atoms with Crippen LogP contribution in [0.2, 0.25) is 0 Å². The van der Waals surface area contributed by atoms with Crippen LogP contribution in [0.1, 0.15) is 27.2 Å². The van der Waals surface area contributed by atoms with E-state index in [9.17, 15) is 9.59 Å². The molecule has 0 unspecified atom stereocenters. The first-order valence-electron chi connectivity index (χ1n) is 6.31. The van der Waals surface area contributed by atoms with Crippen LogP contribution in [0.15, 0.2) is 14.7 Å². The van der Waals surface area contributed by atoms with E-state index in [0.29, 0.717) is 16.5 Å². The number of H-pyrrole nitrogens is 1. The maximum Gasteiger partial charge on any atom is 0.317 e. The van der Waals surface area contributed by atoms with Crippen LogP contribution in [0.3, 0.4) is 0 Å². The number of nitrogens with one attached hydrogen (secondary N) is 1. The Labute approximate surface area is 114 Å². The Bertz CT molecular complexity index is 711. The number of aromatic amines is 1. The average Bonchev–Trinajstić information content (AvgIpc) is 2.65. The van der Waals surface area contributed by atoms with Crippen molar-refractivity contribution in [1.29, 1.82) is 0 Å². The lowest BCUT2D eigenvalue weighted by atomic mass is 10.5. The highest BCUT2D eigenvalue weighted by molar-refractivity contribution is 7.99. The highest BCUT2D eigenvalue weighted by Gasteiger charge is 2.16. The van der Waals surface area contributed by atoms with Gasteiger partial charge in [-0.3, -0.25) is 14.2 Å². The van der Waals surface area contributed by atoms with Gasteiger partial charge in [-0.1, -0.05) is 32.5 Å². The van der Waals surface area contributed by atoms with Gasteiger partial charge in [-0.25, -0.2) is 4.98 Å². The van der Waals surface area contributed by atoms with Crippen LogP contribution >= 0.6 is 11.8 Å². The van der Waals surface area contributed by atoms with Gasteiger partial charge in [0.15, 0.2) is 16.5 Å². The Morgan fingerprint density at radius 2 is 2.05 bits per heavy atom. The molecule has 2 aromatic heterocycles. The molecule has 0 atom stereocenters. The van der Waals surface area contributed by atoms with Crippen molar-refractivity contribution in [1.82, 2.24) is 19.1 Å². The third-order valence-electron chi connectivity index (χ3n) is 2.75. The van der Waals surface area contributed by atoms with E-state index in [0.717, 1.165) is 18.1 Å². The van der Waals surface area contributed by atoms with E-state index in [4.69, 9.17) is 0 Å². The Kier molecular flexibility index (Phi) is 3.84. The number of fused-ring (bicyclic) bond motifs is 1. The van der Waals surface area contributed by atoms with Crippen LogP contribution in [-0.4, -0.2) is 24.4 Å². The first kappa shape index (κ1) is 13.9. The van der Waals surface area contributed by atoms with Gasteiger partial charge < -0.3 is 9.55 Å². The van der Waals surface area contributed by atoms with Gasteiger partial charge >= 0.3 is 11.1 Å². The molecule has 2 aromatic rings. The molecule has 0 aromatic carbocycles. The van der Waals surface area contributed by atoms with Crippen molar-refractivity contribution >= 4 is 23.1 Å². The quantitative estimate of drug-likeness (QED) is 0.678. The Balaban J connectivity index is 2.77. The number of hydrogen-bond donors (Lipinski definition) is 1. The lowest BCUT2D eigenvalue weighted by Crippen LogP contribution is -2.35. The Morgan fingerprint density at radius 1 is 1.37 bits per heavy atom. The molecule has 0 aliphatic carbocycles. The van der Waals surface area contributed by atoms with Crippen molar-refractivity contribution in [2.45, 2.75) is 44.1 Å². The molecule has 0 fully saturated rings. The molecule has 0 saturated carbocycles. The fraction of sp³-hybridized carbons (Fsp3) is 0.583. The summed E-state index contributed by atoms with van der Waals surface area (Å²) in [5.41, 5.74) is -0.0265. The van der Waals surface area contributed by atoms with Gasteiger partial charge in [0, 0.05) is 18.8 Å². The first-order valence-corrected chi connectivity index (χ1v) is 7.19. The molecular weight excluding hydrogens is 264 g/mol. The van der Waals surface area contributed by atoms with Crippen molar-refractivity contribution in [3.8, 4) is 0 Å². The summed E-state index contributed by atoms with van der Waals surface area (Å²) in [5.74, 6) is 0. The highest BCUT2D eigenvalue weighted by atomic mass is 32.2. The zero-order valence-corrected chi connectivity index (χ0v) is 12.4. The molecule has 0 spiro atoms. The predicted molar refractivity (Wildman–Crippen MR) is 76.9 cm³/mol. The molecule has 1 N–H and O–H groups in total. The maximum absolute atomic E-state index is 11.6. The summed E-state index contributed by atoms with van der Waals surface area (Å²) in [4.78, 5) is 30.4. The van der Waals surface area contributed by atoms with E-state index in [2.05, 4.69) is 30.7 Å². The summed E-state index contributed by atoms with van der Waals surface area (Å²) in [6, 6.07) is 0. The summed E-state index contributed by atoms with van der Waals surface area (Å²) in [6.45, 7) is 7.00. The molecule has 19 heavy (non-hydrogen) atoms. The largest absolute Gasteiger partial charge is 0.317 e. The maximum atomic E-state index is 11.6. The van der Waals surface area contributed by atoms with Crippen molar-refractivity contribution in [2.24, 2.45) is 7.05 Å². The molecule has 0 saturated heterocycles. The van der Waals surface area contributed by atoms with E-state index in [1.165, 1.54) is 4.57 Å². The van der Waals surface area contributed by atoms with Gasteiger partial charge in [-0.15, -0.1) is 0 Å². The average molecular weight is 282 g/mol. The minimum atomic E-state index is -0.603. The number of rotatable bonds is 4. The van der Waals surface area contributed by atoms with Crippen LogP contribution in [0.25, 0.3) is 11.3 Å². The SMILES string of the molecule is CCCn1c(SC(C)C)nc2c1[nH]c(=O)c(=O)n2C. The molecule has 104 valence electrons. The van der Waals surface area contributed by atoms with Crippen molar-refractivity contribution in [3.05, 3.63) is 20.7 Å². The van der Waals surface area contributed by atoms with E-state index in [-0.39, 0.29) is 0 Å². The number of thioether (sulfide) groups is 1. The van der Waals surface area contributed by atoms with Crippen LogP contribution in [0.5, 0.6) is 0 Å². The molecule has 0 bridgehead atoms. The van der Waals surface area contributed by atoms with Crippen molar-refractivity contribution < 1.29 is 0 Å². The Morgan fingerprint density at radius 3 is 2.63 bits per heavy atom. The van der Waals surface area contributed by atoms with Gasteiger partial charge in [0.25, 0.3) is 0 Å². The first-order chi connectivity index (χ1) is 8.95. The topological polar surface area (TPSA) is 72.7 Å². The molecular formula is C12H18N4O2S. The second kappa shape index (κ2) is 5.24. The third kappa shape index (κ3) is 2.47. The molecule has 2 rings (SSSR count). The standard InChI is InChI=1S/C12H18N4O2S/c1-5-6-16-9-8(14-12(16)19-7(2)3)15(4)11(18)10(17)13-9/h7H,5-6H2,1-4H3,(H,13,17). The molecule has 0 aliphatic rings. The smallest absolute Gasteiger partial charge is 0.304 e. The van der Waals surface area contributed by atoms with E-state index in [1.807, 2.05) is 4.57 Å². The summed E-state index contributed by atoms with van der Waals surface area (Å²) in [6.07, 6.45) is 0.933. The van der Waals surface area contributed by atoms with Gasteiger partial charge in [0.1, 0.15) is 0 Å². The zero-order chi connectivity index (χ0) is 14.2. The van der Waals surface area contributed by atoms with Crippen LogP contribution in [-0.2, 0) is 13.6 Å². The normalized spacial score (nSPS) is 11.6. The zero-order valence-electron chi connectivity index (χ0n) is 11.6. The number of aryl methyl sites for hydroxylation is 2. The molecule has 7 heteroatoms. The van der Waals surface area contributed by atoms with Gasteiger partial charge in [0.2, 0.25) is 0 Å². The molecule has 6 nitrogen and oxygen atoms in total. The number of nitrogens with zero attached hydrogens (tertiary/aromatic N) is 3. The van der Waals surface area contributed by atoms with Crippen molar-refractivity contribution in [2.75, 3.05) is 0 Å². The van der Waals surface area contributed by atoms with E-state index in [1.54, 1.807) is 18.8 Å². The minimum absolute atomic E-state index is 0.385. The van der Waals surface area contributed by atoms with E-state index >= 15 is 0 Å². The van der Waals surface area contributed by atoms with Crippen LogP contribution in [0.4, 0.5) is 0 Å². The lowest BCUT2D eigenvalue weighted by Gasteiger charge is -2.08. The molecule has 2 heterocycles. The number of aromatic nitrogens is 4. The predicted octanol–water partition coefficient (Wildman–Crippen LogP) is 1.33. The molecule has 0 aliphatic heterocycles. The number of imidazole rings is 1. The van der Waals surface area contributed by atoms with Crippen molar-refractivity contribution in [3.63, 3.8) is 0 Å². The molecule has 0 amide bonds. The van der Waals surface area contributed by atoms with Crippen LogP contribution < -0.4 is 11.1 Å². The summed E-state index contributed by atoms with van der Waals surface area (Å²) >= 11 is 1.63. The second-order valence-corrected chi connectivity index (χ2v) is 6.25. The van der Waals surface area contributed by atoms with Gasteiger partial charge in [0.05, 0.1) is 0 Å².